The van der Waals surface area contributed by atoms with Crippen molar-refractivity contribution >= 4 is 18.4 Å². The van der Waals surface area contributed by atoms with Crippen molar-refractivity contribution in [3.8, 4) is 0 Å². The first-order valence-electron chi connectivity index (χ1n) is 8.58. The monoisotopic (exact) mass is 375 g/mol. The number of hydrogen-bond donors (Lipinski definition) is 1. The van der Waals surface area contributed by atoms with Gasteiger partial charge in [0.2, 0.25) is 0 Å². The van der Waals surface area contributed by atoms with Crippen LogP contribution in [0.25, 0.3) is 5.57 Å². The highest BCUT2D eigenvalue weighted by Gasteiger charge is 2.53. The molecule has 0 radical (unpaired) electrons. The van der Waals surface area contributed by atoms with Crippen molar-refractivity contribution in [3.63, 3.8) is 0 Å². The van der Waals surface area contributed by atoms with Crippen LogP contribution in [0, 0.1) is 11.6 Å². The highest BCUT2D eigenvalue weighted by Crippen LogP contribution is 2.42. The van der Waals surface area contributed by atoms with Crippen molar-refractivity contribution in [3.05, 3.63) is 71.0 Å². The van der Waals surface area contributed by atoms with Gasteiger partial charge in [0.15, 0.2) is 0 Å². The van der Waals surface area contributed by atoms with E-state index in [0.717, 1.165) is 6.07 Å². The van der Waals surface area contributed by atoms with E-state index in [9.17, 15) is 8.78 Å². The van der Waals surface area contributed by atoms with Crippen LogP contribution in [0.4, 0.5) is 18.9 Å². The number of rotatable bonds is 3. The van der Waals surface area contributed by atoms with E-state index < -0.39 is 35.7 Å². The van der Waals surface area contributed by atoms with Gasteiger partial charge in [-0.15, -0.1) is 0 Å². The van der Waals surface area contributed by atoms with Crippen molar-refractivity contribution in [1.29, 1.82) is 0 Å². The van der Waals surface area contributed by atoms with Crippen LogP contribution in [0.2, 0.25) is 0 Å². The lowest BCUT2D eigenvalue weighted by Gasteiger charge is -2.32. The molecular weight excluding hydrogens is 354 g/mol. The van der Waals surface area contributed by atoms with Crippen LogP contribution in [0.1, 0.15) is 38.8 Å². The van der Waals surface area contributed by atoms with Gasteiger partial charge in [-0.3, -0.25) is 0 Å². The minimum absolute atomic E-state index is 0.00509. The SMILES string of the molecule is CC1(C)OB(C(F)=C(c2ccc(F)cc2)c2cc(F)ccc2N)OC1(C)C. The average molecular weight is 375 g/mol. The van der Waals surface area contributed by atoms with Gasteiger partial charge in [-0.05, 0) is 63.6 Å². The summed E-state index contributed by atoms with van der Waals surface area (Å²) in [4.78, 5) is 0. The summed E-state index contributed by atoms with van der Waals surface area (Å²) in [5, 5.41) is 0. The zero-order valence-corrected chi connectivity index (χ0v) is 15.6. The highest BCUT2D eigenvalue weighted by atomic mass is 19.1. The summed E-state index contributed by atoms with van der Waals surface area (Å²) in [6.45, 7) is 7.20. The molecule has 2 N–H and O–H groups in total. The number of anilines is 1. The van der Waals surface area contributed by atoms with E-state index in [-0.39, 0.29) is 16.8 Å². The fourth-order valence-electron chi connectivity index (χ4n) is 2.85. The molecule has 0 saturated carbocycles. The third-order valence-corrected chi connectivity index (χ3v) is 5.12. The van der Waals surface area contributed by atoms with Gasteiger partial charge in [-0.25, -0.2) is 13.2 Å². The van der Waals surface area contributed by atoms with Crippen LogP contribution in [-0.2, 0) is 9.31 Å². The predicted molar refractivity (Wildman–Crippen MR) is 100 cm³/mol. The topological polar surface area (TPSA) is 44.5 Å². The van der Waals surface area contributed by atoms with Crippen LogP contribution < -0.4 is 5.73 Å². The Morgan fingerprint density at radius 2 is 1.41 bits per heavy atom. The summed E-state index contributed by atoms with van der Waals surface area (Å²) in [6.07, 6.45) is 0. The van der Waals surface area contributed by atoms with Crippen molar-refractivity contribution in [2.45, 2.75) is 38.9 Å². The van der Waals surface area contributed by atoms with Gasteiger partial charge in [-0.1, -0.05) is 12.1 Å². The van der Waals surface area contributed by atoms with Crippen LogP contribution in [0.15, 0.2) is 48.2 Å². The average Bonchev–Trinajstić information content (AvgIpc) is 2.80. The molecule has 2 aromatic rings. The Balaban J connectivity index is 2.19. The second-order valence-corrected chi connectivity index (χ2v) is 7.55. The summed E-state index contributed by atoms with van der Waals surface area (Å²) < 4.78 is 54.4. The Morgan fingerprint density at radius 1 is 0.889 bits per heavy atom. The lowest BCUT2D eigenvalue weighted by Crippen LogP contribution is -2.41. The standard InChI is InChI=1S/C20H21BF3NO2/c1-19(2)20(3,4)27-21(26-19)18(24)17(12-5-7-13(22)8-6-12)15-11-14(23)9-10-16(15)25/h5-11H,25H2,1-4H3. The summed E-state index contributed by atoms with van der Waals surface area (Å²) >= 11 is 0. The van der Waals surface area contributed by atoms with Crippen LogP contribution in [0.5, 0.6) is 0 Å². The molecule has 1 saturated heterocycles. The van der Waals surface area contributed by atoms with E-state index in [2.05, 4.69) is 0 Å². The maximum atomic E-state index is 15.6. The van der Waals surface area contributed by atoms with Gasteiger partial charge in [0.25, 0.3) is 0 Å². The third kappa shape index (κ3) is 3.62. The zero-order valence-electron chi connectivity index (χ0n) is 15.6. The molecule has 7 heteroatoms. The normalized spacial score (nSPS) is 19.1. The van der Waals surface area contributed by atoms with Gasteiger partial charge in [0, 0.05) is 16.8 Å². The van der Waals surface area contributed by atoms with E-state index in [1.54, 1.807) is 27.7 Å². The summed E-state index contributed by atoms with van der Waals surface area (Å²) in [5.74, 6) is -1.04. The van der Waals surface area contributed by atoms with E-state index in [1.807, 2.05) is 0 Å². The molecule has 0 atom stereocenters. The first-order chi connectivity index (χ1) is 12.5. The number of benzene rings is 2. The lowest BCUT2D eigenvalue weighted by molar-refractivity contribution is 0.00578. The predicted octanol–water partition coefficient (Wildman–Crippen LogP) is 4.91. The molecule has 0 spiro atoms. The minimum atomic E-state index is -1.29. The molecule has 0 bridgehead atoms. The largest absolute Gasteiger partial charge is 0.525 e. The number of nitrogen functional groups attached to an aromatic ring is 1. The van der Waals surface area contributed by atoms with Crippen molar-refractivity contribution in [2.75, 3.05) is 5.73 Å². The van der Waals surface area contributed by atoms with Gasteiger partial charge < -0.3 is 15.0 Å². The molecule has 0 unspecified atom stereocenters. The first kappa shape index (κ1) is 19.5. The molecule has 0 amide bonds. The van der Waals surface area contributed by atoms with Crippen molar-refractivity contribution < 1.29 is 22.5 Å². The molecule has 3 nitrogen and oxygen atoms in total. The van der Waals surface area contributed by atoms with Gasteiger partial charge >= 0.3 is 7.12 Å². The quantitative estimate of drug-likeness (QED) is 0.613. The Labute approximate surface area is 157 Å². The lowest BCUT2D eigenvalue weighted by atomic mass is 9.80. The van der Waals surface area contributed by atoms with Gasteiger partial charge in [0.1, 0.15) is 17.4 Å². The molecule has 27 heavy (non-hydrogen) atoms. The molecular formula is C20H21BF3NO2. The Bertz CT molecular complexity index is 879. The zero-order chi connectivity index (χ0) is 20.0. The molecule has 1 fully saturated rings. The Hall–Kier alpha value is -2.25. The minimum Gasteiger partial charge on any atom is -0.398 e. The molecule has 2 aromatic carbocycles. The summed E-state index contributed by atoms with van der Waals surface area (Å²) in [5.41, 5.74) is 4.39. The fraction of sp³-hybridized carbons (Fsp3) is 0.300. The van der Waals surface area contributed by atoms with Crippen molar-refractivity contribution in [2.24, 2.45) is 0 Å². The second kappa shape index (κ2) is 6.73. The third-order valence-electron chi connectivity index (χ3n) is 5.12. The molecule has 3 rings (SSSR count). The van der Waals surface area contributed by atoms with Crippen LogP contribution >= 0.6 is 0 Å². The second-order valence-electron chi connectivity index (χ2n) is 7.55. The smallest absolute Gasteiger partial charge is 0.398 e. The molecule has 1 aliphatic rings. The number of hydrogen-bond acceptors (Lipinski definition) is 3. The number of nitrogens with two attached hydrogens (primary N) is 1. The fourth-order valence-corrected chi connectivity index (χ4v) is 2.85. The Kier molecular flexibility index (Phi) is 4.86. The van der Waals surface area contributed by atoms with Crippen molar-refractivity contribution in [1.82, 2.24) is 0 Å². The molecule has 1 heterocycles. The first-order valence-corrected chi connectivity index (χ1v) is 8.58. The highest BCUT2D eigenvalue weighted by molar-refractivity contribution is 6.55. The summed E-state index contributed by atoms with van der Waals surface area (Å²) in [6, 6.07) is 8.88. The number of halogens is 3. The maximum Gasteiger partial charge on any atom is 0.525 e. The summed E-state index contributed by atoms with van der Waals surface area (Å²) in [7, 11) is -1.29. The van der Waals surface area contributed by atoms with Gasteiger partial charge in [0.05, 0.1) is 11.2 Å². The van der Waals surface area contributed by atoms with Crippen LogP contribution in [0.3, 0.4) is 0 Å². The van der Waals surface area contributed by atoms with Gasteiger partial charge in [-0.2, -0.15) is 0 Å². The van der Waals surface area contributed by atoms with Crippen LogP contribution in [-0.4, -0.2) is 18.3 Å². The molecule has 0 aromatic heterocycles. The Morgan fingerprint density at radius 3 is 1.96 bits per heavy atom. The molecule has 1 aliphatic heterocycles. The molecule has 142 valence electrons. The maximum absolute atomic E-state index is 15.6. The van der Waals surface area contributed by atoms with E-state index >= 15 is 4.39 Å². The van der Waals surface area contributed by atoms with E-state index in [4.69, 9.17) is 15.0 Å². The molecule has 0 aliphatic carbocycles. The van der Waals surface area contributed by atoms with E-state index in [1.165, 1.54) is 36.4 Å². The van der Waals surface area contributed by atoms with E-state index in [0.29, 0.717) is 5.56 Å².